The number of nitrogens with two attached hydrogens (primary N) is 1. The molecule has 2 aromatic rings. The summed E-state index contributed by atoms with van der Waals surface area (Å²) in [6.07, 6.45) is 1.15. The Bertz CT molecular complexity index is 625. The lowest BCUT2D eigenvalue weighted by Crippen LogP contribution is -2.33. The van der Waals surface area contributed by atoms with E-state index in [0.29, 0.717) is 6.54 Å². The average Bonchev–Trinajstić information content (AvgIpc) is 2.56. The maximum Gasteiger partial charge on any atom is 0.144 e. The number of fused-ring (bicyclic) bond motifs is 1. The van der Waals surface area contributed by atoms with Crippen molar-refractivity contribution in [3.8, 4) is 5.75 Å². The van der Waals surface area contributed by atoms with Gasteiger partial charge in [-0.25, -0.2) is 0 Å². The molecule has 0 atom stereocenters. The zero-order valence-corrected chi connectivity index (χ0v) is 13.0. The van der Waals surface area contributed by atoms with Gasteiger partial charge in [0.25, 0.3) is 0 Å². The van der Waals surface area contributed by atoms with E-state index in [1.54, 1.807) is 0 Å². The maximum absolute atomic E-state index is 5.82. The van der Waals surface area contributed by atoms with Gasteiger partial charge >= 0.3 is 0 Å². The molecule has 0 bridgehead atoms. The van der Waals surface area contributed by atoms with Crippen molar-refractivity contribution >= 4 is 17.1 Å². The van der Waals surface area contributed by atoms with Crippen LogP contribution >= 0.6 is 0 Å². The maximum atomic E-state index is 5.82. The number of rotatable bonds is 5. The van der Waals surface area contributed by atoms with Gasteiger partial charge in [-0.15, -0.1) is 0 Å². The van der Waals surface area contributed by atoms with Crippen LogP contribution in [-0.2, 0) is 6.54 Å². The lowest BCUT2D eigenvalue weighted by molar-refractivity contribution is 0.307. The first-order valence-corrected chi connectivity index (χ1v) is 7.88. The standard InChI is InChI=1S/C18H23N3O/c1-2-9-21-10-11-22-18-12-16(7-8-17(18)21)20-15-5-3-14(13-19)4-6-15/h3-8,12,20H,2,9-11,13,19H2,1H3. The molecule has 4 nitrogen and oxygen atoms in total. The van der Waals surface area contributed by atoms with Crippen LogP contribution in [0.5, 0.6) is 5.75 Å². The zero-order chi connectivity index (χ0) is 15.4. The Hall–Kier alpha value is -2.20. The zero-order valence-electron chi connectivity index (χ0n) is 13.0. The van der Waals surface area contributed by atoms with Gasteiger partial charge in [-0.2, -0.15) is 0 Å². The fourth-order valence-corrected chi connectivity index (χ4v) is 2.75. The van der Waals surface area contributed by atoms with Crippen molar-refractivity contribution < 1.29 is 4.74 Å². The van der Waals surface area contributed by atoms with E-state index in [9.17, 15) is 0 Å². The average molecular weight is 297 g/mol. The minimum absolute atomic E-state index is 0.570. The third-order valence-corrected chi connectivity index (χ3v) is 3.89. The first-order chi connectivity index (χ1) is 10.8. The second-order valence-electron chi connectivity index (χ2n) is 5.54. The highest BCUT2D eigenvalue weighted by Crippen LogP contribution is 2.35. The van der Waals surface area contributed by atoms with E-state index in [0.717, 1.165) is 48.8 Å². The van der Waals surface area contributed by atoms with Gasteiger partial charge in [-0.3, -0.25) is 0 Å². The minimum atomic E-state index is 0.570. The smallest absolute Gasteiger partial charge is 0.144 e. The van der Waals surface area contributed by atoms with Gasteiger partial charge in [0.05, 0.1) is 12.2 Å². The summed E-state index contributed by atoms with van der Waals surface area (Å²) in [4.78, 5) is 2.39. The molecule has 3 N–H and O–H groups in total. The van der Waals surface area contributed by atoms with Crippen LogP contribution in [0.25, 0.3) is 0 Å². The fourth-order valence-electron chi connectivity index (χ4n) is 2.75. The molecule has 0 radical (unpaired) electrons. The van der Waals surface area contributed by atoms with Gasteiger partial charge < -0.3 is 20.7 Å². The molecule has 1 aliphatic heterocycles. The van der Waals surface area contributed by atoms with E-state index < -0.39 is 0 Å². The van der Waals surface area contributed by atoms with Gasteiger partial charge in [-0.1, -0.05) is 19.1 Å². The number of hydrogen-bond donors (Lipinski definition) is 2. The highest BCUT2D eigenvalue weighted by atomic mass is 16.5. The van der Waals surface area contributed by atoms with Crippen LogP contribution in [0.4, 0.5) is 17.1 Å². The van der Waals surface area contributed by atoms with Crippen molar-refractivity contribution in [2.75, 3.05) is 29.9 Å². The predicted molar refractivity (Wildman–Crippen MR) is 92.1 cm³/mol. The van der Waals surface area contributed by atoms with Crippen LogP contribution in [0.3, 0.4) is 0 Å². The van der Waals surface area contributed by atoms with Crippen molar-refractivity contribution in [2.24, 2.45) is 5.73 Å². The largest absolute Gasteiger partial charge is 0.489 e. The van der Waals surface area contributed by atoms with Crippen LogP contribution < -0.4 is 20.7 Å². The molecule has 0 fully saturated rings. The van der Waals surface area contributed by atoms with Gasteiger partial charge in [-0.05, 0) is 36.2 Å². The van der Waals surface area contributed by atoms with E-state index in [1.807, 2.05) is 24.3 Å². The van der Waals surface area contributed by atoms with E-state index >= 15 is 0 Å². The quantitative estimate of drug-likeness (QED) is 0.887. The van der Waals surface area contributed by atoms with E-state index in [4.69, 9.17) is 10.5 Å². The molecule has 1 heterocycles. The molecule has 1 aliphatic rings. The molecule has 3 rings (SSSR count). The first kappa shape index (κ1) is 14.7. The second kappa shape index (κ2) is 6.71. The topological polar surface area (TPSA) is 50.5 Å². The molecule has 0 unspecified atom stereocenters. The molecule has 0 spiro atoms. The number of hydrogen-bond acceptors (Lipinski definition) is 4. The molecule has 0 saturated heterocycles. The molecule has 0 aromatic heterocycles. The highest BCUT2D eigenvalue weighted by Gasteiger charge is 2.17. The Balaban J connectivity index is 1.77. The monoisotopic (exact) mass is 297 g/mol. The van der Waals surface area contributed by atoms with Gasteiger partial charge in [0.1, 0.15) is 12.4 Å². The lowest BCUT2D eigenvalue weighted by atomic mass is 10.2. The molecule has 0 saturated carbocycles. The number of anilines is 3. The second-order valence-corrected chi connectivity index (χ2v) is 5.54. The van der Waals surface area contributed by atoms with Crippen LogP contribution in [-0.4, -0.2) is 19.7 Å². The van der Waals surface area contributed by atoms with Crippen LogP contribution in [0.15, 0.2) is 42.5 Å². The summed E-state index contributed by atoms with van der Waals surface area (Å²) in [7, 11) is 0. The third kappa shape index (κ3) is 3.17. The summed E-state index contributed by atoms with van der Waals surface area (Å²) >= 11 is 0. The molecule has 2 aromatic carbocycles. The Morgan fingerprint density at radius 1 is 1.14 bits per heavy atom. The third-order valence-electron chi connectivity index (χ3n) is 3.89. The molecule has 0 amide bonds. The van der Waals surface area contributed by atoms with Crippen LogP contribution in [0.2, 0.25) is 0 Å². The molecule has 116 valence electrons. The summed E-state index contributed by atoms with van der Waals surface area (Å²) in [6.45, 7) is 5.57. The lowest BCUT2D eigenvalue weighted by Gasteiger charge is -2.31. The normalized spacial score (nSPS) is 13.5. The SMILES string of the molecule is CCCN1CCOc2cc(Nc3ccc(CN)cc3)ccc21. The first-order valence-electron chi connectivity index (χ1n) is 7.88. The van der Waals surface area contributed by atoms with Gasteiger partial charge in [0.2, 0.25) is 0 Å². The van der Waals surface area contributed by atoms with Gasteiger partial charge in [0, 0.05) is 30.5 Å². The molecular weight excluding hydrogens is 274 g/mol. The predicted octanol–water partition coefficient (Wildman–Crippen LogP) is 3.50. The number of ether oxygens (including phenoxy) is 1. The number of nitrogens with one attached hydrogen (secondary N) is 1. The molecular formula is C18H23N3O. The summed E-state index contributed by atoms with van der Waals surface area (Å²) in [5, 5.41) is 3.41. The van der Waals surface area contributed by atoms with Crippen molar-refractivity contribution in [1.82, 2.24) is 0 Å². The van der Waals surface area contributed by atoms with E-state index in [-0.39, 0.29) is 0 Å². The van der Waals surface area contributed by atoms with Crippen molar-refractivity contribution in [1.29, 1.82) is 0 Å². The Labute approximate surface area is 131 Å². The van der Waals surface area contributed by atoms with Crippen LogP contribution in [0.1, 0.15) is 18.9 Å². The molecule has 0 aliphatic carbocycles. The number of benzene rings is 2. The number of nitrogens with zero attached hydrogens (tertiary/aromatic N) is 1. The summed E-state index contributed by atoms with van der Waals surface area (Å²) < 4.78 is 5.82. The Morgan fingerprint density at radius 3 is 2.64 bits per heavy atom. The van der Waals surface area contributed by atoms with Crippen molar-refractivity contribution in [2.45, 2.75) is 19.9 Å². The summed E-state index contributed by atoms with van der Waals surface area (Å²) in [6, 6.07) is 14.5. The molecule has 22 heavy (non-hydrogen) atoms. The van der Waals surface area contributed by atoms with Crippen LogP contribution in [0, 0.1) is 0 Å². The molecule has 4 heteroatoms. The summed E-state index contributed by atoms with van der Waals surface area (Å²) in [5.74, 6) is 0.961. The summed E-state index contributed by atoms with van der Waals surface area (Å²) in [5.41, 5.74) is 10.0. The van der Waals surface area contributed by atoms with Gasteiger partial charge in [0.15, 0.2) is 0 Å². The Kier molecular flexibility index (Phi) is 4.49. The minimum Gasteiger partial charge on any atom is -0.489 e. The van der Waals surface area contributed by atoms with Crippen molar-refractivity contribution in [3.63, 3.8) is 0 Å². The van der Waals surface area contributed by atoms with E-state index in [2.05, 4.69) is 35.3 Å². The van der Waals surface area contributed by atoms with Crippen molar-refractivity contribution in [3.05, 3.63) is 48.0 Å². The highest BCUT2D eigenvalue weighted by molar-refractivity contribution is 5.69. The fraction of sp³-hybridized carbons (Fsp3) is 0.333. The Morgan fingerprint density at radius 2 is 1.91 bits per heavy atom. The van der Waals surface area contributed by atoms with E-state index in [1.165, 1.54) is 5.69 Å².